The summed E-state index contributed by atoms with van der Waals surface area (Å²) in [5, 5.41) is 2.70. The van der Waals surface area contributed by atoms with E-state index in [0.29, 0.717) is 11.4 Å². The van der Waals surface area contributed by atoms with Gasteiger partial charge in [-0.15, -0.1) is 0 Å². The first kappa shape index (κ1) is 11.8. The number of ether oxygens (including phenoxy) is 1. The van der Waals surface area contributed by atoms with E-state index in [1.807, 2.05) is 0 Å². The van der Waals surface area contributed by atoms with Gasteiger partial charge < -0.3 is 10.5 Å². The van der Waals surface area contributed by atoms with Gasteiger partial charge in [0, 0.05) is 11.4 Å². The predicted octanol–water partition coefficient (Wildman–Crippen LogP) is 3.15. The van der Waals surface area contributed by atoms with Gasteiger partial charge in [0.05, 0.1) is 0 Å². The molecule has 1 saturated carbocycles. The van der Waals surface area contributed by atoms with Crippen molar-refractivity contribution in [1.82, 2.24) is 0 Å². The molecule has 1 aliphatic rings. The van der Waals surface area contributed by atoms with Crippen molar-refractivity contribution in [2.24, 2.45) is 0 Å². The van der Waals surface area contributed by atoms with Gasteiger partial charge in [-0.2, -0.15) is 0 Å². The zero-order valence-electron chi connectivity index (χ0n) is 9.82. The molecule has 1 aromatic carbocycles. The molecule has 4 heteroatoms. The molecule has 4 nitrogen and oxygen atoms in total. The fourth-order valence-corrected chi connectivity index (χ4v) is 2.05. The van der Waals surface area contributed by atoms with E-state index in [1.165, 1.54) is 6.42 Å². The van der Waals surface area contributed by atoms with Crippen LogP contribution in [0.5, 0.6) is 0 Å². The minimum Gasteiger partial charge on any atom is -0.446 e. The number of carbonyl (C=O) groups excluding carboxylic acids is 1. The maximum Gasteiger partial charge on any atom is 0.411 e. The van der Waals surface area contributed by atoms with Gasteiger partial charge in [-0.25, -0.2) is 4.79 Å². The van der Waals surface area contributed by atoms with Gasteiger partial charge in [0.25, 0.3) is 0 Å². The van der Waals surface area contributed by atoms with Crippen molar-refractivity contribution in [2.45, 2.75) is 38.2 Å². The normalized spacial score (nSPS) is 16.5. The zero-order chi connectivity index (χ0) is 12.1. The number of benzene rings is 1. The summed E-state index contributed by atoms with van der Waals surface area (Å²) in [6.07, 6.45) is 5.22. The van der Waals surface area contributed by atoms with E-state index in [9.17, 15) is 4.79 Å². The van der Waals surface area contributed by atoms with Crippen LogP contribution in [0.4, 0.5) is 16.2 Å². The van der Waals surface area contributed by atoms with Crippen LogP contribution in [0.3, 0.4) is 0 Å². The quantitative estimate of drug-likeness (QED) is 0.772. The summed E-state index contributed by atoms with van der Waals surface area (Å²) >= 11 is 0. The number of rotatable bonds is 2. The van der Waals surface area contributed by atoms with Crippen LogP contribution < -0.4 is 11.1 Å². The number of anilines is 2. The summed E-state index contributed by atoms with van der Waals surface area (Å²) in [5.74, 6) is 0. The minimum atomic E-state index is -0.373. The van der Waals surface area contributed by atoms with E-state index in [1.54, 1.807) is 24.3 Å². The second-order valence-corrected chi connectivity index (χ2v) is 4.41. The number of nitrogens with two attached hydrogens (primary N) is 1. The van der Waals surface area contributed by atoms with Crippen LogP contribution in [0.15, 0.2) is 24.3 Å². The molecule has 1 fully saturated rings. The standard InChI is InChI=1S/C13H18N2O2/c14-10-6-8-11(9-7-10)15-13(16)17-12-4-2-1-3-5-12/h6-9,12H,1-5,14H2,(H,15,16). The first-order valence-electron chi connectivity index (χ1n) is 6.07. The Morgan fingerprint density at radius 3 is 2.47 bits per heavy atom. The molecule has 0 unspecified atom stereocenters. The number of carbonyl (C=O) groups is 1. The number of nitrogen functional groups attached to an aromatic ring is 1. The van der Waals surface area contributed by atoms with Crippen LogP contribution in [-0.4, -0.2) is 12.2 Å². The highest BCUT2D eigenvalue weighted by Crippen LogP contribution is 2.21. The van der Waals surface area contributed by atoms with Crippen LogP contribution in [0.1, 0.15) is 32.1 Å². The topological polar surface area (TPSA) is 64.3 Å². The highest BCUT2D eigenvalue weighted by Gasteiger charge is 2.17. The van der Waals surface area contributed by atoms with E-state index in [2.05, 4.69) is 5.32 Å². The fourth-order valence-electron chi connectivity index (χ4n) is 2.05. The Morgan fingerprint density at radius 1 is 1.18 bits per heavy atom. The van der Waals surface area contributed by atoms with Gasteiger partial charge in [0.15, 0.2) is 0 Å². The summed E-state index contributed by atoms with van der Waals surface area (Å²) in [5.41, 5.74) is 6.95. The lowest BCUT2D eigenvalue weighted by atomic mass is 9.98. The molecule has 0 bridgehead atoms. The smallest absolute Gasteiger partial charge is 0.411 e. The molecule has 17 heavy (non-hydrogen) atoms. The Kier molecular flexibility index (Phi) is 3.85. The van der Waals surface area contributed by atoms with Gasteiger partial charge in [-0.1, -0.05) is 6.42 Å². The summed E-state index contributed by atoms with van der Waals surface area (Å²) in [4.78, 5) is 11.6. The lowest BCUT2D eigenvalue weighted by molar-refractivity contribution is 0.0865. The van der Waals surface area contributed by atoms with Gasteiger partial charge in [-0.05, 0) is 49.9 Å². The van der Waals surface area contributed by atoms with Crippen molar-refractivity contribution in [1.29, 1.82) is 0 Å². The molecule has 2 rings (SSSR count). The van der Waals surface area contributed by atoms with Gasteiger partial charge in [-0.3, -0.25) is 5.32 Å². The molecule has 1 amide bonds. The Balaban J connectivity index is 1.82. The van der Waals surface area contributed by atoms with E-state index in [4.69, 9.17) is 10.5 Å². The molecule has 3 N–H and O–H groups in total. The van der Waals surface area contributed by atoms with Gasteiger partial charge >= 0.3 is 6.09 Å². The third-order valence-corrected chi connectivity index (χ3v) is 2.98. The Bertz CT molecular complexity index is 370. The molecule has 1 aliphatic carbocycles. The third-order valence-electron chi connectivity index (χ3n) is 2.98. The second-order valence-electron chi connectivity index (χ2n) is 4.41. The Morgan fingerprint density at radius 2 is 1.82 bits per heavy atom. The molecule has 1 aromatic rings. The maximum absolute atomic E-state index is 11.6. The summed E-state index contributed by atoms with van der Waals surface area (Å²) in [6.45, 7) is 0. The van der Waals surface area contributed by atoms with Crippen molar-refractivity contribution in [3.8, 4) is 0 Å². The van der Waals surface area contributed by atoms with E-state index in [-0.39, 0.29) is 12.2 Å². The van der Waals surface area contributed by atoms with Gasteiger partial charge in [0.1, 0.15) is 6.10 Å². The van der Waals surface area contributed by atoms with E-state index < -0.39 is 0 Å². The summed E-state index contributed by atoms with van der Waals surface area (Å²) in [6, 6.07) is 7.02. The van der Waals surface area contributed by atoms with Crippen molar-refractivity contribution < 1.29 is 9.53 Å². The number of nitrogens with one attached hydrogen (secondary N) is 1. The SMILES string of the molecule is Nc1ccc(NC(=O)OC2CCCCC2)cc1. The Labute approximate surface area is 101 Å². The van der Waals surface area contributed by atoms with Crippen molar-refractivity contribution in [3.05, 3.63) is 24.3 Å². The molecular formula is C13H18N2O2. The number of hydrogen-bond acceptors (Lipinski definition) is 3. The second kappa shape index (κ2) is 5.57. The van der Waals surface area contributed by atoms with Crippen LogP contribution in [-0.2, 0) is 4.74 Å². The van der Waals surface area contributed by atoms with Gasteiger partial charge in [0.2, 0.25) is 0 Å². The van der Waals surface area contributed by atoms with Crippen molar-refractivity contribution >= 4 is 17.5 Å². The molecule has 92 valence electrons. The third kappa shape index (κ3) is 3.66. The first-order chi connectivity index (χ1) is 8.24. The Hall–Kier alpha value is -1.71. The average molecular weight is 234 g/mol. The highest BCUT2D eigenvalue weighted by atomic mass is 16.6. The average Bonchev–Trinajstić information content (AvgIpc) is 2.33. The molecule has 0 spiro atoms. The number of hydrogen-bond donors (Lipinski definition) is 2. The molecule has 0 heterocycles. The summed E-state index contributed by atoms with van der Waals surface area (Å²) in [7, 11) is 0. The lowest BCUT2D eigenvalue weighted by Crippen LogP contribution is -2.24. The fraction of sp³-hybridized carbons (Fsp3) is 0.462. The predicted molar refractivity (Wildman–Crippen MR) is 67.8 cm³/mol. The van der Waals surface area contributed by atoms with Crippen LogP contribution >= 0.6 is 0 Å². The molecular weight excluding hydrogens is 216 g/mol. The van der Waals surface area contributed by atoms with Crippen LogP contribution in [0, 0.1) is 0 Å². The molecule has 0 saturated heterocycles. The largest absolute Gasteiger partial charge is 0.446 e. The molecule has 0 atom stereocenters. The molecule has 0 radical (unpaired) electrons. The van der Waals surface area contributed by atoms with E-state index in [0.717, 1.165) is 25.7 Å². The molecule has 0 aliphatic heterocycles. The van der Waals surface area contributed by atoms with Crippen LogP contribution in [0.25, 0.3) is 0 Å². The van der Waals surface area contributed by atoms with Crippen LogP contribution in [0.2, 0.25) is 0 Å². The zero-order valence-corrected chi connectivity index (χ0v) is 9.82. The maximum atomic E-state index is 11.6. The highest BCUT2D eigenvalue weighted by molar-refractivity contribution is 5.84. The minimum absolute atomic E-state index is 0.0810. The number of amides is 1. The van der Waals surface area contributed by atoms with E-state index >= 15 is 0 Å². The van der Waals surface area contributed by atoms with Crippen molar-refractivity contribution in [3.63, 3.8) is 0 Å². The van der Waals surface area contributed by atoms with Crippen molar-refractivity contribution in [2.75, 3.05) is 11.1 Å². The first-order valence-corrected chi connectivity index (χ1v) is 6.07. The summed E-state index contributed by atoms with van der Waals surface area (Å²) < 4.78 is 5.34. The lowest BCUT2D eigenvalue weighted by Gasteiger charge is -2.21. The molecule has 0 aromatic heterocycles. The monoisotopic (exact) mass is 234 g/mol.